The number of rotatable bonds is 3. The van der Waals surface area contributed by atoms with Crippen molar-refractivity contribution in [1.82, 2.24) is 0 Å². The molecular weight excluding hydrogens is 367 g/mol. The van der Waals surface area contributed by atoms with Crippen molar-refractivity contribution >= 4 is 45.3 Å². The predicted octanol–water partition coefficient (Wildman–Crippen LogP) is 4.63. The molecule has 4 nitrogen and oxygen atoms in total. The number of carbonyl (C=O) groups excluding carboxylic acids is 1. The minimum atomic E-state index is -0.0861. The topological polar surface area (TPSA) is 53.3 Å². The molecule has 2 heterocycles. The average molecular weight is 381 g/mol. The lowest BCUT2D eigenvalue weighted by atomic mass is 10.00. The molecule has 24 heavy (non-hydrogen) atoms. The van der Waals surface area contributed by atoms with Gasteiger partial charge in [0.05, 0.1) is 23.7 Å². The van der Waals surface area contributed by atoms with E-state index in [-0.39, 0.29) is 5.78 Å². The Morgan fingerprint density at radius 3 is 2.62 bits per heavy atom. The second kappa shape index (κ2) is 7.12. The number of ketones is 1. The zero-order valence-electron chi connectivity index (χ0n) is 12.9. The first-order valence-corrected chi connectivity index (χ1v) is 8.96. The maximum absolute atomic E-state index is 12.2. The number of anilines is 1. The fourth-order valence-electron chi connectivity index (χ4n) is 2.71. The summed E-state index contributed by atoms with van der Waals surface area (Å²) in [6, 6.07) is 7.34. The highest BCUT2D eigenvalue weighted by molar-refractivity contribution is 7.19. The van der Waals surface area contributed by atoms with Crippen LogP contribution in [0.1, 0.15) is 22.2 Å². The van der Waals surface area contributed by atoms with Gasteiger partial charge in [0.15, 0.2) is 5.78 Å². The van der Waals surface area contributed by atoms with Crippen LogP contribution in [0, 0.1) is 11.3 Å². The molecule has 1 saturated heterocycles. The highest BCUT2D eigenvalue weighted by Crippen LogP contribution is 2.44. The van der Waals surface area contributed by atoms with Crippen LogP contribution < -0.4 is 4.90 Å². The number of hydrogen-bond acceptors (Lipinski definition) is 5. The number of hydrogen-bond donors (Lipinski definition) is 0. The molecule has 0 amide bonds. The normalized spacial score (nSPS) is 14.5. The summed E-state index contributed by atoms with van der Waals surface area (Å²) in [6.07, 6.45) is 0. The number of Topliss-reactive ketones (excluding diaryl/α,β-unsaturated/α-hetero) is 1. The van der Waals surface area contributed by atoms with E-state index in [0.717, 1.165) is 5.00 Å². The molecule has 7 heteroatoms. The third kappa shape index (κ3) is 3.15. The molecule has 1 aromatic heterocycles. The number of halogens is 2. The van der Waals surface area contributed by atoms with Gasteiger partial charge in [-0.25, -0.2) is 0 Å². The van der Waals surface area contributed by atoms with Crippen molar-refractivity contribution in [3.63, 3.8) is 0 Å². The van der Waals surface area contributed by atoms with Gasteiger partial charge >= 0.3 is 0 Å². The summed E-state index contributed by atoms with van der Waals surface area (Å²) < 4.78 is 5.37. The van der Waals surface area contributed by atoms with Crippen molar-refractivity contribution < 1.29 is 9.53 Å². The number of ether oxygens (including phenoxy) is 1. The van der Waals surface area contributed by atoms with Crippen LogP contribution in [-0.4, -0.2) is 32.1 Å². The smallest absolute Gasteiger partial charge is 0.170 e. The van der Waals surface area contributed by atoms with Crippen LogP contribution in [0.25, 0.3) is 11.1 Å². The van der Waals surface area contributed by atoms with Gasteiger partial charge in [0.25, 0.3) is 0 Å². The highest BCUT2D eigenvalue weighted by atomic mass is 35.5. The van der Waals surface area contributed by atoms with Crippen molar-refractivity contribution in [2.45, 2.75) is 6.92 Å². The van der Waals surface area contributed by atoms with Crippen molar-refractivity contribution in [2.75, 3.05) is 31.2 Å². The summed E-state index contributed by atoms with van der Waals surface area (Å²) in [5.74, 6) is -0.0861. The monoisotopic (exact) mass is 380 g/mol. The molecule has 0 unspecified atom stereocenters. The molecule has 2 aromatic rings. The summed E-state index contributed by atoms with van der Waals surface area (Å²) in [4.78, 5) is 14.8. The minimum absolute atomic E-state index is 0.0861. The second-order valence-corrected chi connectivity index (χ2v) is 7.22. The SMILES string of the molecule is CC(=O)c1sc(N2CCOCC2)c(C#N)c1-c1ccc(Cl)cc1Cl. The Bertz CT molecular complexity index is 836. The van der Waals surface area contributed by atoms with Gasteiger partial charge in [0, 0.05) is 34.3 Å². The molecule has 124 valence electrons. The summed E-state index contributed by atoms with van der Waals surface area (Å²) in [5, 5.41) is 11.5. The van der Waals surface area contributed by atoms with Crippen LogP contribution in [0.5, 0.6) is 0 Å². The van der Waals surface area contributed by atoms with Gasteiger partial charge in [0.2, 0.25) is 0 Å². The van der Waals surface area contributed by atoms with Crippen molar-refractivity contribution in [3.05, 3.63) is 38.7 Å². The van der Waals surface area contributed by atoms with Crippen molar-refractivity contribution in [1.29, 1.82) is 5.26 Å². The molecule has 1 aliphatic heterocycles. The van der Waals surface area contributed by atoms with Gasteiger partial charge in [-0.15, -0.1) is 11.3 Å². The van der Waals surface area contributed by atoms with Gasteiger partial charge in [-0.05, 0) is 19.1 Å². The number of nitrogens with zero attached hydrogens (tertiary/aromatic N) is 2. The summed E-state index contributed by atoms with van der Waals surface area (Å²) >= 11 is 13.6. The molecule has 1 fully saturated rings. The minimum Gasteiger partial charge on any atom is -0.378 e. The average Bonchev–Trinajstić information content (AvgIpc) is 2.95. The molecule has 3 rings (SSSR count). The Morgan fingerprint density at radius 1 is 1.33 bits per heavy atom. The van der Waals surface area contributed by atoms with Crippen molar-refractivity contribution in [2.24, 2.45) is 0 Å². The third-order valence-corrected chi connectivity index (χ3v) is 5.72. The first kappa shape index (κ1) is 17.2. The fourth-order valence-corrected chi connectivity index (χ4v) is 4.42. The largest absolute Gasteiger partial charge is 0.378 e. The van der Waals surface area contributed by atoms with E-state index in [9.17, 15) is 10.1 Å². The lowest BCUT2D eigenvalue weighted by Gasteiger charge is -2.27. The van der Waals surface area contributed by atoms with Crippen LogP contribution in [0.3, 0.4) is 0 Å². The van der Waals surface area contributed by atoms with Gasteiger partial charge in [-0.2, -0.15) is 5.26 Å². The number of carbonyl (C=O) groups is 1. The van der Waals surface area contributed by atoms with E-state index >= 15 is 0 Å². The second-order valence-electron chi connectivity index (χ2n) is 5.38. The number of nitriles is 1. The van der Waals surface area contributed by atoms with E-state index < -0.39 is 0 Å². The van der Waals surface area contributed by atoms with E-state index in [1.54, 1.807) is 18.2 Å². The van der Waals surface area contributed by atoms with Gasteiger partial charge in [0.1, 0.15) is 11.1 Å². The van der Waals surface area contributed by atoms with Crippen LogP contribution in [-0.2, 0) is 4.74 Å². The molecule has 0 radical (unpaired) electrons. The van der Waals surface area contributed by atoms with Crippen LogP contribution in [0.4, 0.5) is 5.00 Å². The maximum atomic E-state index is 12.2. The lowest BCUT2D eigenvalue weighted by molar-refractivity contribution is 0.102. The Morgan fingerprint density at radius 2 is 2.04 bits per heavy atom. The number of benzene rings is 1. The predicted molar refractivity (Wildman–Crippen MR) is 97.5 cm³/mol. The Labute approximate surface area is 154 Å². The Kier molecular flexibility index (Phi) is 5.12. The van der Waals surface area contributed by atoms with Gasteiger partial charge in [-0.1, -0.05) is 29.3 Å². The van der Waals surface area contributed by atoms with Gasteiger partial charge in [-0.3, -0.25) is 4.79 Å². The molecule has 1 aromatic carbocycles. The number of thiophene rings is 1. The lowest BCUT2D eigenvalue weighted by Crippen LogP contribution is -2.36. The Hall–Kier alpha value is -1.58. The summed E-state index contributed by atoms with van der Waals surface area (Å²) in [6.45, 7) is 4.11. The van der Waals surface area contributed by atoms with E-state index in [1.807, 2.05) is 0 Å². The molecule has 1 aliphatic rings. The summed E-state index contributed by atoms with van der Waals surface area (Å²) in [7, 11) is 0. The zero-order valence-corrected chi connectivity index (χ0v) is 15.3. The molecule has 0 saturated carbocycles. The van der Waals surface area contributed by atoms with E-state index in [4.69, 9.17) is 27.9 Å². The van der Waals surface area contributed by atoms with Crippen LogP contribution in [0.2, 0.25) is 10.0 Å². The quantitative estimate of drug-likeness (QED) is 0.728. The molecule has 0 bridgehead atoms. The van der Waals surface area contributed by atoms with E-state index in [1.165, 1.54) is 18.3 Å². The standard InChI is InChI=1S/C17H14Cl2N2O2S/c1-10(22)16-15(12-3-2-11(18)8-14(12)19)13(9-20)17(24-16)21-4-6-23-7-5-21/h2-3,8H,4-7H2,1H3. The molecule has 0 N–H and O–H groups in total. The molecule has 0 spiro atoms. The molecular formula is C17H14Cl2N2O2S. The summed E-state index contributed by atoms with van der Waals surface area (Å²) in [5.41, 5.74) is 1.73. The van der Waals surface area contributed by atoms with E-state index in [2.05, 4.69) is 11.0 Å². The van der Waals surface area contributed by atoms with Crippen LogP contribution in [0.15, 0.2) is 18.2 Å². The highest BCUT2D eigenvalue weighted by Gasteiger charge is 2.27. The van der Waals surface area contributed by atoms with Gasteiger partial charge < -0.3 is 9.64 Å². The third-order valence-electron chi connectivity index (χ3n) is 3.82. The van der Waals surface area contributed by atoms with Crippen LogP contribution >= 0.6 is 34.5 Å². The first-order valence-electron chi connectivity index (χ1n) is 7.39. The first-order chi connectivity index (χ1) is 11.5. The number of morpholine rings is 1. The molecule has 0 atom stereocenters. The Balaban J connectivity index is 2.22. The zero-order chi connectivity index (χ0) is 17.3. The van der Waals surface area contributed by atoms with E-state index in [0.29, 0.717) is 57.9 Å². The van der Waals surface area contributed by atoms with Crippen molar-refractivity contribution in [3.8, 4) is 17.2 Å². The maximum Gasteiger partial charge on any atom is 0.170 e. The fraction of sp³-hybridized carbons (Fsp3) is 0.294. The molecule has 0 aliphatic carbocycles.